The Morgan fingerprint density at radius 1 is 1.06 bits per heavy atom. The number of hydrogen-bond acceptors (Lipinski definition) is 6. The predicted molar refractivity (Wildman–Crippen MR) is 126 cm³/mol. The van der Waals surface area contributed by atoms with Gasteiger partial charge in [-0.05, 0) is 51.2 Å². The molecule has 0 bridgehead atoms. The summed E-state index contributed by atoms with van der Waals surface area (Å²) in [5, 5.41) is 17.1. The van der Waals surface area contributed by atoms with Crippen LogP contribution in [0, 0.1) is 17.1 Å². The van der Waals surface area contributed by atoms with Gasteiger partial charge in [0.1, 0.15) is 17.7 Å². The molecule has 0 spiro atoms. The van der Waals surface area contributed by atoms with Crippen LogP contribution in [0.4, 0.5) is 10.2 Å². The van der Waals surface area contributed by atoms with Gasteiger partial charge in [0, 0.05) is 35.6 Å². The molecule has 0 unspecified atom stereocenters. The van der Waals surface area contributed by atoms with Crippen molar-refractivity contribution in [2.75, 3.05) is 32.1 Å². The normalized spacial score (nSPS) is 14.7. The molecule has 0 radical (unpaired) electrons. The Labute approximate surface area is 191 Å². The van der Waals surface area contributed by atoms with Crippen LogP contribution in [0.3, 0.4) is 0 Å². The Morgan fingerprint density at radius 3 is 2.55 bits per heavy atom. The smallest absolute Gasteiger partial charge is 0.147 e. The molecule has 1 fully saturated rings. The Balaban J connectivity index is 1.58. The number of benzene rings is 2. The first-order chi connectivity index (χ1) is 16.0. The summed E-state index contributed by atoms with van der Waals surface area (Å²) in [5.74, 6) is 0.213. The molecule has 4 aromatic rings. The van der Waals surface area contributed by atoms with Gasteiger partial charge in [-0.3, -0.25) is 10.1 Å². The molecule has 0 atom stereocenters. The zero-order valence-electron chi connectivity index (χ0n) is 18.6. The van der Waals surface area contributed by atoms with Crippen molar-refractivity contribution in [3.8, 4) is 28.6 Å². The van der Waals surface area contributed by atoms with Gasteiger partial charge in [-0.2, -0.15) is 10.4 Å². The van der Waals surface area contributed by atoms with Gasteiger partial charge < -0.3 is 9.80 Å². The number of nitriles is 1. The molecule has 1 aliphatic heterocycles. The fourth-order valence-corrected chi connectivity index (χ4v) is 4.40. The maximum atomic E-state index is 14.5. The van der Waals surface area contributed by atoms with Crippen LogP contribution in [0.1, 0.15) is 18.4 Å². The third kappa shape index (κ3) is 4.03. The van der Waals surface area contributed by atoms with Crippen LogP contribution in [-0.2, 0) is 0 Å². The van der Waals surface area contributed by atoms with Gasteiger partial charge in [0.2, 0.25) is 0 Å². The molecule has 7 nitrogen and oxygen atoms in total. The average molecular weight is 442 g/mol. The monoisotopic (exact) mass is 441 g/mol. The zero-order chi connectivity index (χ0) is 22.9. The van der Waals surface area contributed by atoms with Crippen LogP contribution in [0.25, 0.3) is 33.4 Å². The van der Waals surface area contributed by atoms with Crippen LogP contribution in [0.2, 0.25) is 0 Å². The Bertz CT molecular complexity index is 1350. The highest BCUT2D eigenvalue weighted by Gasteiger charge is 2.23. The lowest BCUT2D eigenvalue weighted by Crippen LogP contribution is -2.42. The van der Waals surface area contributed by atoms with Crippen LogP contribution in [0.15, 0.2) is 48.8 Å². The van der Waals surface area contributed by atoms with E-state index in [2.05, 4.69) is 34.1 Å². The van der Waals surface area contributed by atoms with Crippen molar-refractivity contribution in [1.82, 2.24) is 25.1 Å². The third-order valence-corrected chi connectivity index (χ3v) is 6.36. The molecule has 3 heterocycles. The van der Waals surface area contributed by atoms with Crippen LogP contribution < -0.4 is 4.90 Å². The highest BCUT2D eigenvalue weighted by Crippen LogP contribution is 2.33. The Morgan fingerprint density at radius 2 is 1.82 bits per heavy atom. The fraction of sp³-hybridized carbons (Fsp3) is 0.280. The molecule has 1 N–H and O–H groups in total. The van der Waals surface area contributed by atoms with E-state index in [1.165, 1.54) is 12.1 Å². The molecule has 5 rings (SSSR count). The van der Waals surface area contributed by atoms with Crippen molar-refractivity contribution in [1.29, 1.82) is 5.26 Å². The second kappa shape index (κ2) is 8.60. The minimum absolute atomic E-state index is 0.00925. The van der Waals surface area contributed by atoms with Crippen molar-refractivity contribution >= 4 is 16.7 Å². The molecule has 2 aromatic heterocycles. The largest absolute Gasteiger partial charge is 0.355 e. The quantitative estimate of drug-likeness (QED) is 0.510. The number of aromatic nitrogens is 4. The fourth-order valence-electron chi connectivity index (χ4n) is 4.40. The molecule has 33 heavy (non-hydrogen) atoms. The lowest BCUT2D eigenvalue weighted by Gasteiger charge is -2.35. The summed E-state index contributed by atoms with van der Waals surface area (Å²) in [4.78, 5) is 14.2. The summed E-state index contributed by atoms with van der Waals surface area (Å²) in [5.41, 5.74) is 3.65. The molecule has 1 aliphatic rings. The Kier molecular flexibility index (Phi) is 5.48. The summed E-state index contributed by atoms with van der Waals surface area (Å²) in [6.07, 6.45) is 5.66. The number of fused-ring (bicyclic) bond motifs is 1. The van der Waals surface area contributed by atoms with Gasteiger partial charge in [-0.1, -0.05) is 12.1 Å². The number of H-pyrrole nitrogens is 1. The molecular weight excluding hydrogens is 417 g/mol. The molecule has 0 amide bonds. The molecule has 2 aromatic carbocycles. The van der Waals surface area contributed by atoms with E-state index >= 15 is 0 Å². The van der Waals surface area contributed by atoms with Crippen molar-refractivity contribution in [2.45, 2.75) is 18.9 Å². The summed E-state index contributed by atoms with van der Waals surface area (Å²) in [6.45, 7) is 1.78. The third-order valence-electron chi connectivity index (χ3n) is 6.36. The standard InChI is InChI=1S/C25H24FN7/c1-32(2)20-7-9-33(10-8-20)23-15-28-24(16-5-6-22-19(11-16)14-29-31-22)25(30-23)17-3-4-18(13-27)21(26)12-17/h3-6,11-12,14-15,20H,7-10H2,1-2H3,(H,29,31). The minimum Gasteiger partial charge on any atom is -0.355 e. The lowest BCUT2D eigenvalue weighted by atomic mass is 10.0. The maximum absolute atomic E-state index is 14.5. The molecule has 0 saturated carbocycles. The first-order valence-electron chi connectivity index (χ1n) is 11.0. The number of piperidine rings is 1. The SMILES string of the molecule is CN(C)C1CCN(c2cnc(-c3ccc4[nH]ncc4c3)c(-c3ccc(C#N)c(F)c3)n2)CC1. The molecule has 8 heteroatoms. The van der Waals surface area contributed by atoms with E-state index < -0.39 is 5.82 Å². The molecule has 0 aliphatic carbocycles. The summed E-state index contributed by atoms with van der Waals surface area (Å²) in [7, 11) is 4.23. The number of rotatable bonds is 4. The van der Waals surface area contributed by atoms with Crippen LogP contribution >= 0.6 is 0 Å². The van der Waals surface area contributed by atoms with Gasteiger partial charge in [-0.25, -0.2) is 9.37 Å². The van der Waals surface area contributed by atoms with Gasteiger partial charge in [0.15, 0.2) is 0 Å². The predicted octanol–water partition coefficient (Wildman–Crippen LogP) is 4.23. The molecular formula is C25H24FN7. The lowest BCUT2D eigenvalue weighted by molar-refractivity contribution is 0.249. The van der Waals surface area contributed by atoms with Gasteiger partial charge in [-0.15, -0.1) is 0 Å². The second-order valence-electron chi connectivity index (χ2n) is 8.59. The van der Waals surface area contributed by atoms with Gasteiger partial charge >= 0.3 is 0 Å². The van der Waals surface area contributed by atoms with E-state index in [0.29, 0.717) is 23.0 Å². The van der Waals surface area contributed by atoms with Gasteiger partial charge in [0.05, 0.1) is 34.9 Å². The Hall–Kier alpha value is -3.83. The summed E-state index contributed by atoms with van der Waals surface area (Å²) in [6, 6.07) is 12.9. The zero-order valence-corrected chi connectivity index (χ0v) is 18.6. The topological polar surface area (TPSA) is 84.7 Å². The maximum Gasteiger partial charge on any atom is 0.147 e. The summed E-state index contributed by atoms with van der Waals surface area (Å²) >= 11 is 0. The molecule has 1 saturated heterocycles. The average Bonchev–Trinajstić information content (AvgIpc) is 3.31. The number of halogens is 1. The van der Waals surface area contributed by atoms with E-state index in [4.69, 9.17) is 15.2 Å². The second-order valence-corrected chi connectivity index (χ2v) is 8.59. The van der Waals surface area contributed by atoms with E-state index in [-0.39, 0.29) is 5.56 Å². The highest BCUT2D eigenvalue weighted by atomic mass is 19.1. The summed E-state index contributed by atoms with van der Waals surface area (Å²) < 4.78 is 14.5. The van der Waals surface area contributed by atoms with Crippen LogP contribution in [0.5, 0.6) is 0 Å². The van der Waals surface area contributed by atoms with Gasteiger partial charge in [0.25, 0.3) is 0 Å². The van der Waals surface area contributed by atoms with Crippen molar-refractivity contribution in [3.63, 3.8) is 0 Å². The van der Waals surface area contributed by atoms with E-state index in [9.17, 15) is 4.39 Å². The number of anilines is 1. The van der Waals surface area contributed by atoms with E-state index in [1.807, 2.05) is 24.3 Å². The number of nitrogens with one attached hydrogen (secondary N) is 1. The number of nitrogens with zero attached hydrogens (tertiary/aromatic N) is 6. The minimum atomic E-state index is -0.565. The van der Waals surface area contributed by atoms with Crippen molar-refractivity contribution in [3.05, 3.63) is 60.2 Å². The van der Waals surface area contributed by atoms with E-state index in [1.54, 1.807) is 18.5 Å². The van der Waals surface area contributed by atoms with E-state index in [0.717, 1.165) is 48.2 Å². The molecule has 166 valence electrons. The van der Waals surface area contributed by atoms with Crippen molar-refractivity contribution in [2.24, 2.45) is 0 Å². The van der Waals surface area contributed by atoms with Crippen molar-refractivity contribution < 1.29 is 4.39 Å². The highest BCUT2D eigenvalue weighted by molar-refractivity contribution is 5.87. The first kappa shape index (κ1) is 21.0. The first-order valence-corrected chi connectivity index (χ1v) is 11.0. The van der Waals surface area contributed by atoms with Crippen LogP contribution in [-0.4, -0.2) is 58.3 Å². The number of hydrogen-bond donors (Lipinski definition) is 1. The number of aromatic amines is 1.